The number of carbonyl (C=O) groups excluding carboxylic acids is 1. The third-order valence-electron chi connectivity index (χ3n) is 11.2. The minimum absolute atomic E-state index is 0.152. The van der Waals surface area contributed by atoms with Crippen LogP contribution >= 0.6 is 0 Å². The molecule has 34 heavy (non-hydrogen) atoms. The zero-order valence-corrected chi connectivity index (χ0v) is 21.4. The van der Waals surface area contributed by atoms with Gasteiger partial charge in [-0.25, -0.2) is 0 Å². The standard InChI is InChI=1S/C29H41N3O2/c1-18-11-13-28(2)19(15-18)5-7-21-22-8-9-24(29(22,3)14-12-23(21)28)27(33)17-32-30-25-10-6-20(34-4)16-26(25)31-32/h6,10,16,18-19,21-24H,5,7-9,11-15,17H2,1-4H3/t18?,19?,21?,22?,23?,24?,28-,29?/m0/s1. The minimum atomic E-state index is 0.152. The summed E-state index contributed by atoms with van der Waals surface area (Å²) in [6.07, 6.45) is 11.9. The number of ketones is 1. The average Bonchev–Trinajstić information content (AvgIpc) is 3.38. The van der Waals surface area contributed by atoms with Gasteiger partial charge < -0.3 is 4.74 Å². The summed E-state index contributed by atoms with van der Waals surface area (Å²) in [6.45, 7) is 7.85. The average molecular weight is 464 g/mol. The van der Waals surface area contributed by atoms with E-state index in [0.717, 1.165) is 46.9 Å². The molecule has 5 heteroatoms. The number of benzene rings is 1. The molecule has 4 saturated carbocycles. The lowest BCUT2D eigenvalue weighted by molar-refractivity contribution is -0.137. The molecule has 0 amide bonds. The molecule has 4 aliphatic rings. The van der Waals surface area contributed by atoms with Crippen LogP contribution in [0, 0.1) is 46.3 Å². The zero-order valence-electron chi connectivity index (χ0n) is 21.4. The Morgan fingerprint density at radius 3 is 2.59 bits per heavy atom. The highest BCUT2D eigenvalue weighted by atomic mass is 16.5. The van der Waals surface area contributed by atoms with Crippen LogP contribution in [-0.2, 0) is 11.3 Å². The fourth-order valence-electron chi connectivity index (χ4n) is 9.39. The molecule has 5 nitrogen and oxygen atoms in total. The van der Waals surface area contributed by atoms with Crippen molar-refractivity contribution in [3.8, 4) is 5.75 Å². The van der Waals surface area contributed by atoms with Gasteiger partial charge in [-0.3, -0.25) is 4.79 Å². The summed E-state index contributed by atoms with van der Waals surface area (Å²) in [5.41, 5.74) is 2.30. The molecule has 6 rings (SSSR count). The fourth-order valence-corrected chi connectivity index (χ4v) is 9.39. The first-order chi connectivity index (χ1) is 16.3. The van der Waals surface area contributed by atoms with Crippen LogP contribution in [0.25, 0.3) is 11.0 Å². The van der Waals surface area contributed by atoms with Crippen molar-refractivity contribution in [2.75, 3.05) is 7.11 Å². The van der Waals surface area contributed by atoms with Gasteiger partial charge in [0, 0.05) is 12.0 Å². The number of ether oxygens (including phenoxy) is 1. The molecular formula is C29H41N3O2. The zero-order chi connectivity index (χ0) is 23.7. The van der Waals surface area contributed by atoms with Crippen molar-refractivity contribution in [3.05, 3.63) is 18.2 Å². The lowest BCUT2D eigenvalue weighted by atomic mass is 9.44. The number of aromatic nitrogens is 3. The van der Waals surface area contributed by atoms with Gasteiger partial charge in [0.15, 0.2) is 5.78 Å². The van der Waals surface area contributed by atoms with Gasteiger partial charge in [-0.05, 0) is 104 Å². The van der Waals surface area contributed by atoms with E-state index in [2.05, 4.69) is 31.0 Å². The van der Waals surface area contributed by atoms with Gasteiger partial charge in [0.25, 0.3) is 0 Å². The number of nitrogens with zero attached hydrogens (tertiary/aromatic N) is 3. The predicted molar refractivity (Wildman–Crippen MR) is 133 cm³/mol. The molecule has 2 aromatic rings. The van der Waals surface area contributed by atoms with Crippen LogP contribution in [0.2, 0.25) is 0 Å². The molecule has 7 unspecified atom stereocenters. The Bertz CT molecular complexity index is 1090. The van der Waals surface area contributed by atoms with Gasteiger partial charge in [0.2, 0.25) is 0 Å². The van der Waals surface area contributed by atoms with E-state index in [-0.39, 0.29) is 17.9 Å². The van der Waals surface area contributed by atoms with Crippen LogP contribution in [0.3, 0.4) is 0 Å². The lowest BCUT2D eigenvalue weighted by Crippen LogP contribution is -2.53. The summed E-state index contributed by atoms with van der Waals surface area (Å²) in [6, 6.07) is 5.70. The van der Waals surface area contributed by atoms with Gasteiger partial charge >= 0.3 is 0 Å². The van der Waals surface area contributed by atoms with Crippen LogP contribution in [0.4, 0.5) is 0 Å². The molecule has 1 aromatic heterocycles. The predicted octanol–water partition coefficient (Wildman–Crippen LogP) is 6.30. The highest BCUT2D eigenvalue weighted by Crippen LogP contribution is 2.67. The number of Topliss-reactive ketones (excluding diaryl/α,β-unsaturated/α-hetero) is 1. The normalized spacial score (nSPS) is 41.5. The topological polar surface area (TPSA) is 57.0 Å². The maximum Gasteiger partial charge on any atom is 0.159 e. The highest BCUT2D eigenvalue weighted by Gasteiger charge is 2.60. The van der Waals surface area contributed by atoms with Crippen molar-refractivity contribution >= 4 is 16.8 Å². The van der Waals surface area contributed by atoms with E-state index in [4.69, 9.17) is 4.74 Å². The Morgan fingerprint density at radius 2 is 1.76 bits per heavy atom. The van der Waals surface area contributed by atoms with Crippen molar-refractivity contribution in [3.63, 3.8) is 0 Å². The number of carbonyl (C=O) groups is 1. The fraction of sp³-hybridized carbons (Fsp3) is 0.759. The monoisotopic (exact) mass is 463 g/mol. The van der Waals surface area contributed by atoms with Crippen molar-refractivity contribution in [2.24, 2.45) is 46.3 Å². The summed E-state index contributed by atoms with van der Waals surface area (Å²) in [5, 5.41) is 9.17. The molecule has 0 bridgehead atoms. The van der Waals surface area contributed by atoms with Gasteiger partial charge in [0.05, 0.1) is 7.11 Å². The van der Waals surface area contributed by atoms with Crippen LogP contribution in [-0.4, -0.2) is 27.9 Å². The second kappa shape index (κ2) is 8.06. The van der Waals surface area contributed by atoms with Gasteiger partial charge in [-0.1, -0.05) is 27.2 Å². The van der Waals surface area contributed by atoms with Crippen molar-refractivity contribution < 1.29 is 9.53 Å². The number of fused-ring (bicyclic) bond motifs is 6. The molecule has 0 spiro atoms. The number of hydrogen-bond donors (Lipinski definition) is 0. The first-order valence-electron chi connectivity index (χ1n) is 13.7. The molecule has 0 N–H and O–H groups in total. The number of hydrogen-bond acceptors (Lipinski definition) is 4. The Morgan fingerprint density at radius 1 is 1.00 bits per heavy atom. The van der Waals surface area contributed by atoms with Gasteiger partial charge in [-0.15, -0.1) is 0 Å². The largest absolute Gasteiger partial charge is 0.497 e. The van der Waals surface area contributed by atoms with Crippen molar-refractivity contribution in [1.82, 2.24) is 15.0 Å². The van der Waals surface area contributed by atoms with Crippen LogP contribution in [0.15, 0.2) is 18.2 Å². The van der Waals surface area contributed by atoms with Crippen LogP contribution in [0.1, 0.15) is 78.6 Å². The van der Waals surface area contributed by atoms with E-state index in [0.29, 0.717) is 17.1 Å². The summed E-state index contributed by atoms with van der Waals surface area (Å²) in [5.74, 6) is 5.50. The van der Waals surface area contributed by atoms with Crippen molar-refractivity contribution in [1.29, 1.82) is 0 Å². The van der Waals surface area contributed by atoms with Crippen molar-refractivity contribution in [2.45, 2.75) is 85.1 Å². The highest BCUT2D eigenvalue weighted by molar-refractivity contribution is 5.82. The summed E-state index contributed by atoms with van der Waals surface area (Å²) < 4.78 is 5.31. The minimum Gasteiger partial charge on any atom is -0.497 e. The van der Waals surface area contributed by atoms with Gasteiger partial charge in [0.1, 0.15) is 23.3 Å². The van der Waals surface area contributed by atoms with Crippen LogP contribution in [0.5, 0.6) is 5.75 Å². The molecule has 1 aromatic carbocycles. The molecule has 0 radical (unpaired) electrons. The van der Waals surface area contributed by atoms with E-state index < -0.39 is 0 Å². The molecule has 184 valence electrons. The summed E-state index contributed by atoms with van der Waals surface area (Å²) in [4.78, 5) is 15.3. The number of rotatable bonds is 4. The molecule has 0 saturated heterocycles. The first kappa shape index (κ1) is 22.5. The molecule has 4 fully saturated rings. The quantitative estimate of drug-likeness (QED) is 0.534. The number of methoxy groups -OCH3 is 1. The maximum atomic E-state index is 13.6. The van der Waals surface area contributed by atoms with Gasteiger partial charge in [-0.2, -0.15) is 15.0 Å². The third-order valence-corrected chi connectivity index (χ3v) is 11.2. The van der Waals surface area contributed by atoms with Crippen LogP contribution < -0.4 is 4.74 Å². The maximum absolute atomic E-state index is 13.6. The first-order valence-corrected chi connectivity index (χ1v) is 13.7. The van der Waals surface area contributed by atoms with E-state index in [1.54, 1.807) is 11.9 Å². The van der Waals surface area contributed by atoms with E-state index in [1.807, 2.05) is 18.2 Å². The van der Waals surface area contributed by atoms with E-state index in [1.165, 1.54) is 51.4 Å². The SMILES string of the molecule is COc1ccc2nn(CC(=O)C3CCC4C5CCC6CC(C)CC[C@]6(C)C5CCC34C)nc2c1. The third kappa shape index (κ3) is 3.36. The smallest absolute Gasteiger partial charge is 0.159 e. The lowest BCUT2D eigenvalue weighted by Gasteiger charge is -2.61. The Kier molecular flexibility index (Phi) is 5.35. The van der Waals surface area contributed by atoms with E-state index >= 15 is 0 Å². The Balaban J connectivity index is 1.20. The molecule has 0 aliphatic heterocycles. The van der Waals surface area contributed by atoms with E-state index in [9.17, 15) is 4.79 Å². The summed E-state index contributed by atoms with van der Waals surface area (Å²) >= 11 is 0. The molecule has 8 atom stereocenters. The molecular weight excluding hydrogens is 422 g/mol. The Hall–Kier alpha value is -1.91. The summed E-state index contributed by atoms with van der Waals surface area (Å²) in [7, 11) is 1.66. The molecule has 4 aliphatic carbocycles. The Labute approximate surface area is 204 Å². The second-order valence-electron chi connectivity index (χ2n) is 12.8. The molecule has 1 heterocycles. The second-order valence-corrected chi connectivity index (χ2v) is 12.8.